The molecule has 0 unspecified atom stereocenters. The average molecular weight is 237 g/mol. The number of nitrogens with two attached hydrogens (primary N) is 1. The minimum Gasteiger partial charge on any atom is -0.357 e. The van der Waals surface area contributed by atoms with Crippen LogP contribution < -0.4 is 5.73 Å². The Balaban J connectivity index is 2.02. The molecule has 1 heterocycles. The minimum atomic E-state index is 0.738. The molecule has 2 N–H and O–H groups in total. The Labute approximate surface area is 106 Å². The molecule has 0 aromatic carbocycles. The highest BCUT2D eigenvalue weighted by molar-refractivity contribution is 5.83. The number of amidine groups is 1. The van der Waals surface area contributed by atoms with E-state index in [2.05, 4.69) is 29.0 Å². The van der Waals surface area contributed by atoms with Crippen molar-refractivity contribution in [2.24, 2.45) is 10.7 Å². The second-order valence-electron chi connectivity index (χ2n) is 4.60. The molecule has 0 spiro atoms. The van der Waals surface area contributed by atoms with Crippen molar-refractivity contribution in [3.63, 3.8) is 0 Å². The smallest absolute Gasteiger partial charge is 0.0990 e. The largest absolute Gasteiger partial charge is 0.357 e. The van der Waals surface area contributed by atoms with Gasteiger partial charge in [-0.05, 0) is 26.2 Å². The molecular weight excluding hydrogens is 210 g/mol. The Morgan fingerprint density at radius 1 is 1.29 bits per heavy atom. The lowest BCUT2D eigenvalue weighted by molar-refractivity contribution is 0.456. The fraction of sp³-hybridized carbons (Fsp3) is 0.786. The highest BCUT2D eigenvalue weighted by Crippen LogP contribution is 2.11. The second-order valence-corrected chi connectivity index (χ2v) is 4.60. The van der Waals surface area contributed by atoms with Crippen molar-refractivity contribution in [2.75, 3.05) is 26.2 Å². The molecular formula is C14H27N3. The van der Waals surface area contributed by atoms with Gasteiger partial charge in [-0.3, -0.25) is 4.99 Å². The van der Waals surface area contributed by atoms with Gasteiger partial charge in [-0.1, -0.05) is 25.0 Å². The maximum absolute atomic E-state index is 5.59. The van der Waals surface area contributed by atoms with Gasteiger partial charge in [0.25, 0.3) is 0 Å². The molecule has 0 aromatic rings. The fourth-order valence-corrected chi connectivity index (χ4v) is 2.23. The topological polar surface area (TPSA) is 41.6 Å². The molecule has 17 heavy (non-hydrogen) atoms. The van der Waals surface area contributed by atoms with Gasteiger partial charge in [0.05, 0.1) is 12.4 Å². The van der Waals surface area contributed by atoms with Crippen LogP contribution in [0.1, 0.15) is 45.4 Å². The number of rotatable bonds is 9. The number of allylic oxidation sites excluding steroid dienone is 2. The van der Waals surface area contributed by atoms with Crippen LogP contribution in [0.3, 0.4) is 0 Å². The molecule has 1 aliphatic heterocycles. The van der Waals surface area contributed by atoms with Gasteiger partial charge >= 0.3 is 0 Å². The van der Waals surface area contributed by atoms with Crippen LogP contribution in [0, 0.1) is 0 Å². The third-order valence-electron chi connectivity index (χ3n) is 3.19. The summed E-state index contributed by atoms with van der Waals surface area (Å²) >= 11 is 0. The summed E-state index contributed by atoms with van der Waals surface area (Å²) in [5.74, 6) is 1.30. The van der Waals surface area contributed by atoms with Crippen LogP contribution >= 0.6 is 0 Å². The van der Waals surface area contributed by atoms with E-state index in [9.17, 15) is 0 Å². The summed E-state index contributed by atoms with van der Waals surface area (Å²) < 4.78 is 0. The van der Waals surface area contributed by atoms with Crippen molar-refractivity contribution < 1.29 is 0 Å². The fourth-order valence-electron chi connectivity index (χ4n) is 2.23. The lowest BCUT2D eigenvalue weighted by atomic mass is 10.1. The summed E-state index contributed by atoms with van der Waals surface area (Å²) in [6.07, 6.45) is 12.0. The van der Waals surface area contributed by atoms with E-state index in [0.717, 1.165) is 32.6 Å². The highest BCUT2D eigenvalue weighted by atomic mass is 15.2. The highest BCUT2D eigenvalue weighted by Gasteiger charge is 2.14. The lowest BCUT2D eigenvalue weighted by Gasteiger charge is -2.19. The zero-order valence-electron chi connectivity index (χ0n) is 11.2. The quantitative estimate of drug-likeness (QED) is 0.494. The van der Waals surface area contributed by atoms with E-state index in [-0.39, 0.29) is 0 Å². The van der Waals surface area contributed by atoms with Gasteiger partial charge in [-0.2, -0.15) is 0 Å². The maximum Gasteiger partial charge on any atom is 0.0990 e. The lowest BCUT2D eigenvalue weighted by Crippen LogP contribution is -2.32. The normalized spacial score (nSPS) is 15.9. The first-order valence-corrected chi connectivity index (χ1v) is 6.98. The molecule has 3 nitrogen and oxygen atoms in total. The summed E-state index contributed by atoms with van der Waals surface area (Å²) in [5, 5.41) is 0. The van der Waals surface area contributed by atoms with Crippen molar-refractivity contribution in [1.82, 2.24) is 4.90 Å². The first-order valence-electron chi connectivity index (χ1n) is 6.98. The van der Waals surface area contributed by atoms with Crippen molar-refractivity contribution in [1.29, 1.82) is 0 Å². The van der Waals surface area contributed by atoms with Gasteiger partial charge in [-0.25, -0.2) is 0 Å². The first kappa shape index (κ1) is 14.2. The summed E-state index contributed by atoms with van der Waals surface area (Å²) in [4.78, 5) is 6.91. The molecule has 0 saturated carbocycles. The molecule has 0 atom stereocenters. The van der Waals surface area contributed by atoms with E-state index in [1.165, 1.54) is 37.9 Å². The third kappa shape index (κ3) is 5.87. The van der Waals surface area contributed by atoms with Crippen LogP contribution in [0.5, 0.6) is 0 Å². The monoisotopic (exact) mass is 237 g/mol. The number of unbranched alkanes of at least 4 members (excludes halogenated alkanes) is 4. The molecule has 1 aliphatic rings. The van der Waals surface area contributed by atoms with Crippen molar-refractivity contribution in [3.05, 3.63) is 12.2 Å². The van der Waals surface area contributed by atoms with Crippen LogP contribution in [-0.2, 0) is 0 Å². The zero-order valence-corrected chi connectivity index (χ0v) is 11.2. The molecule has 3 heteroatoms. The van der Waals surface area contributed by atoms with E-state index < -0.39 is 0 Å². The van der Waals surface area contributed by atoms with Gasteiger partial charge in [0, 0.05) is 26.1 Å². The van der Waals surface area contributed by atoms with Gasteiger partial charge in [0.1, 0.15) is 0 Å². The Hall–Kier alpha value is -0.830. The molecule has 1 rings (SSSR count). The molecule has 0 aromatic heterocycles. The molecule has 0 aliphatic carbocycles. The van der Waals surface area contributed by atoms with Crippen LogP contribution in [0.15, 0.2) is 17.1 Å². The van der Waals surface area contributed by atoms with Crippen molar-refractivity contribution in [2.45, 2.75) is 45.4 Å². The van der Waals surface area contributed by atoms with Crippen LogP contribution in [0.4, 0.5) is 0 Å². The first-order chi connectivity index (χ1) is 8.38. The van der Waals surface area contributed by atoms with Gasteiger partial charge in [0.2, 0.25) is 0 Å². The van der Waals surface area contributed by atoms with Crippen molar-refractivity contribution >= 4 is 5.84 Å². The number of aliphatic imine (C=N–C) groups is 1. The summed E-state index contributed by atoms with van der Waals surface area (Å²) in [6.45, 7) is 5.84. The van der Waals surface area contributed by atoms with E-state index >= 15 is 0 Å². The summed E-state index contributed by atoms with van der Waals surface area (Å²) in [7, 11) is 0. The van der Waals surface area contributed by atoms with Gasteiger partial charge < -0.3 is 10.6 Å². The van der Waals surface area contributed by atoms with Crippen molar-refractivity contribution in [3.8, 4) is 0 Å². The standard InChI is InChI=1S/C14H27N3/c1-2-3-4-5-6-7-8-9-14-16-11-13-17(14)12-10-15/h2-3H,4-13,15H2,1H3/b3-2+. The zero-order chi connectivity index (χ0) is 12.3. The Morgan fingerprint density at radius 2 is 2.12 bits per heavy atom. The molecule has 98 valence electrons. The number of nitrogens with zero attached hydrogens (tertiary/aromatic N) is 2. The third-order valence-corrected chi connectivity index (χ3v) is 3.19. The molecule has 0 fully saturated rings. The Morgan fingerprint density at radius 3 is 2.88 bits per heavy atom. The van der Waals surface area contributed by atoms with Crippen LogP contribution in [0.25, 0.3) is 0 Å². The van der Waals surface area contributed by atoms with Gasteiger partial charge in [0.15, 0.2) is 0 Å². The second kappa shape index (κ2) is 9.23. The SMILES string of the molecule is C/C=C/CCCCCCC1=NCCN1CCN. The van der Waals surface area contributed by atoms with Gasteiger partial charge in [-0.15, -0.1) is 0 Å². The Kier molecular flexibility index (Phi) is 7.72. The average Bonchev–Trinajstić information content (AvgIpc) is 2.76. The summed E-state index contributed by atoms with van der Waals surface area (Å²) in [6, 6.07) is 0. The van der Waals surface area contributed by atoms with E-state index in [0.29, 0.717) is 0 Å². The van der Waals surface area contributed by atoms with E-state index in [1.54, 1.807) is 0 Å². The summed E-state index contributed by atoms with van der Waals surface area (Å²) in [5.41, 5.74) is 5.59. The number of hydrogen-bond acceptors (Lipinski definition) is 3. The number of hydrogen-bond donors (Lipinski definition) is 1. The minimum absolute atomic E-state index is 0.738. The van der Waals surface area contributed by atoms with Crippen LogP contribution in [0.2, 0.25) is 0 Å². The molecule has 0 saturated heterocycles. The predicted octanol–water partition coefficient (Wildman–Crippen LogP) is 2.58. The molecule has 0 radical (unpaired) electrons. The molecule has 0 bridgehead atoms. The predicted molar refractivity (Wildman–Crippen MR) is 75.4 cm³/mol. The Bertz CT molecular complexity index is 246. The van der Waals surface area contributed by atoms with E-state index in [4.69, 9.17) is 5.73 Å². The van der Waals surface area contributed by atoms with E-state index in [1.807, 2.05) is 0 Å². The van der Waals surface area contributed by atoms with Crippen LogP contribution in [-0.4, -0.2) is 36.9 Å². The molecule has 0 amide bonds. The maximum atomic E-state index is 5.59.